The topological polar surface area (TPSA) is 97.0 Å². The van der Waals surface area contributed by atoms with Gasteiger partial charge in [0, 0.05) is 44.5 Å². The number of hydrogen-bond donors (Lipinski definition) is 2. The number of carbonyl (C=O) groups excluding carboxylic acids is 1. The van der Waals surface area contributed by atoms with Gasteiger partial charge in [0.05, 0.1) is 4.90 Å². The fourth-order valence-corrected chi connectivity index (χ4v) is 4.75. The third-order valence-corrected chi connectivity index (χ3v) is 7.20. The van der Waals surface area contributed by atoms with Gasteiger partial charge in [0.25, 0.3) is 5.91 Å². The average molecular weight is 476 g/mol. The van der Waals surface area contributed by atoms with Crippen LogP contribution < -0.4 is 14.8 Å². The molecule has 1 heterocycles. The summed E-state index contributed by atoms with van der Waals surface area (Å²) < 4.78 is 37.8. The van der Waals surface area contributed by atoms with Crippen molar-refractivity contribution in [2.75, 3.05) is 40.0 Å². The van der Waals surface area contributed by atoms with E-state index in [1.54, 1.807) is 6.92 Å². The Balaban J connectivity index is 1.47. The van der Waals surface area contributed by atoms with Crippen LogP contribution in [0.3, 0.4) is 0 Å². The smallest absolute Gasteiger partial charge is 0.251 e. The third-order valence-electron chi connectivity index (χ3n) is 5.64. The molecule has 1 saturated heterocycles. The molecule has 2 N–H and O–H groups in total. The van der Waals surface area contributed by atoms with Crippen LogP contribution >= 0.6 is 0 Å². The zero-order valence-corrected chi connectivity index (χ0v) is 20.1. The second-order valence-electron chi connectivity index (χ2n) is 8.03. The first kappa shape index (κ1) is 25.2. The molecule has 0 atom stereocenters. The van der Waals surface area contributed by atoms with E-state index in [0.29, 0.717) is 31.3 Å². The number of amides is 1. The Hall–Kier alpha value is -2.46. The molecule has 1 amide bonds. The molecular formula is C24H33N3O5S. The molecule has 0 spiro atoms. The van der Waals surface area contributed by atoms with E-state index in [0.717, 1.165) is 43.9 Å². The van der Waals surface area contributed by atoms with Crippen LogP contribution in [0.2, 0.25) is 0 Å². The van der Waals surface area contributed by atoms with E-state index in [1.807, 2.05) is 24.3 Å². The lowest BCUT2D eigenvalue weighted by Gasteiger charge is -2.31. The first-order valence-corrected chi connectivity index (χ1v) is 12.7. The Morgan fingerprint density at radius 3 is 2.58 bits per heavy atom. The number of hydrogen-bond acceptors (Lipinski definition) is 6. The molecule has 0 unspecified atom stereocenters. The predicted octanol–water partition coefficient (Wildman–Crippen LogP) is 2.40. The van der Waals surface area contributed by atoms with Crippen LogP contribution in [0.4, 0.5) is 0 Å². The van der Waals surface area contributed by atoms with E-state index in [2.05, 4.69) is 22.0 Å². The summed E-state index contributed by atoms with van der Waals surface area (Å²) in [7, 11) is -1.42. The van der Waals surface area contributed by atoms with Gasteiger partial charge in [-0.15, -0.1) is 0 Å². The normalized spacial score (nSPS) is 14.9. The fraction of sp³-hybridized carbons (Fsp3) is 0.458. The minimum atomic E-state index is -3.54. The number of nitrogens with one attached hydrogen (secondary N) is 2. The van der Waals surface area contributed by atoms with Gasteiger partial charge in [0.2, 0.25) is 10.0 Å². The largest absolute Gasteiger partial charge is 0.492 e. The number of sulfonamides is 1. The minimum absolute atomic E-state index is 0.133. The molecule has 0 bridgehead atoms. The van der Waals surface area contributed by atoms with Crippen LogP contribution in [0.15, 0.2) is 53.4 Å². The highest BCUT2D eigenvalue weighted by atomic mass is 32.2. The summed E-state index contributed by atoms with van der Waals surface area (Å²) in [6.07, 6.45) is 2.11. The molecule has 9 heteroatoms. The summed E-state index contributed by atoms with van der Waals surface area (Å²) in [5.41, 5.74) is 1.32. The Kier molecular flexibility index (Phi) is 9.25. The Morgan fingerprint density at radius 2 is 1.88 bits per heavy atom. The summed E-state index contributed by atoms with van der Waals surface area (Å²) in [6.45, 7) is 5.43. The van der Waals surface area contributed by atoms with Gasteiger partial charge < -0.3 is 14.8 Å². The van der Waals surface area contributed by atoms with Crippen molar-refractivity contribution in [3.05, 3.63) is 59.7 Å². The molecule has 8 nitrogen and oxygen atoms in total. The molecule has 1 aliphatic heterocycles. The van der Waals surface area contributed by atoms with Crippen molar-refractivity contribution in [2.45, 2.75) is 37.2 Å². The standard InChI is InChI=1S/C24H33N3O5S/c1-3-26-33(29,30)23-9-7-20(8-10-23)24(28)25-18-19-5-4-6-22(17-19)32-16-13-27(2)21-11-14-31-15-12-21/h4-10,17,21,26H,3,11-16,18H2,1-2H3,(H,25,28). The number of likely N-dealkylation sites (N-methyl/N-ethyl adjacent to an activating group) is 1. The highest BCUT2D eigenvalue weighted by Crippen LogP contribution is 2.16. The third kappa shape index (κ3) is 7.53. The highest BCUT2D eigenvalue weighted by molar-refractivity contribution is 7.89. The lowest BCUT2D eigenvalue weighted by molar-refractivity contribution is 0.0392. The van der Waals surface area contributed by atoms with Crippen LogP contribution in [-0.4, -0.2) is 65.2 Å². The number of rotatable bonds is 11. The van der Waals surface area contributed by atoms with Gasteiger partial charge >= 0.3 is 0 Å². The first-order valence-electron chi connectivity index (χ1n) is 11.3. The number of nitrogens with zero attached hydrogens (tertiary/aromatic N) is 1. The van der Waals surface area contributed by atoms with Crippen molar-refractivity contribution in [2.24, 2.45) is 0 Å². The molecule has 2 aromatic carbocycles. The average Bonchev–Trinajstić information content (AvgIpc) is 2.83. The lowest BCUT2D eigenvalue weighted by Crippen LogP contribution is -2.38. The predicted molar refractivity (Wildman–Crippen MR) is 127 cm³/mol. The number of ether oxygens (including phenoxy) is 2. The van der Waals surface area contributed by atoms with Crippen LogP contribution in [0.1, 0.15) is 35.7 Å². The van der Waals surface area contributed by atoms with Crippen molar-refractivity contribution < 1.29 is 22.7 Å². The van der Waals surface area contributed by atoms with Crippen molar-refractivity contribution in [1.29, 1.82) is 0 Å². The summed E-state index contributed by atoms with van der Waals surface area (Å²) in [4.78, 5) is 14.9. The lowest BCUT2D eigenvalue weighted by atomic mass is 10.1. The molecule has 0 radical (unpaired) electrons. The number of benzene rings is 2. The van der Waals surface area contributed by atoms with Gasteiger partial charge in [-0.25, -0.2) is 13.1 Å². The van der Waals surface area contributed by atoms with Crippen LogP contribution in [-0.2, 0) is 21.3 Å². The van der Waals surface area contributed by atoms with Gasteiger partial charge in [0.15, 0.2) is 0 Å². The molecule has 0 aliphatic carbocycles. The SMILES string of the molecule is CCNS(=O)(=O)c1ccc(C(=O)NCc2cccc(OCCN(C)C3CCOCC3)c2)cc1. The monoisotopic (exact) mass is 475 g/mol. The van der Waals surface area contributed by atoms with E-state index >= 15 is 0 Å². The van der Waals surface area contributed by atoms with Crippen LogP contribution in [0.5, 0.6) is 5.75 Å². The molecule has 180 valence electrons. The van der Waals surface area contributed by atoms with E-state index in [4.69, 9.17) is 9.47 Å². The van der Waals surface area contributed by atoms with Crippen LogP contribution in [0, 0.1) is 0 Å². The summed E-state index contributed by atoms with van der Waals surface area (Å²) in [5, 5.41) is 2.86. The molecule has 1 fully saturated rings. The molecular weight excluding hydrogens is 442 g/mol. The second-order valence-corrected chi connectivity index (χ2v) is 9.80. The molecule has 0 aromatic heterocycles. The van der Waals surface area contributed by atoms with Crippen molar-refractivity contribution >= 4 is 15.9 Å². The molecule has 0 saturated carbocycles. The second kappa shape index (κ2) is 12.1. The Morgan fingerprint density at radius 1 is 1.15 bits per heavy atom. The first-order chi connectivity index (χ1) is 15.9. The summed E-state index contributed by atoms with van der Waals surface area (Å²) in [6, 6.07) is 14.1. The van der Waals surface area contributed by atoms with Gasteiger partial charge in [-0.05, 0) is 61.9 Å². The molecule has 1 aliphatic rings. The van der Waals surface area contributed by atoms with Gasteiger partial charge in [0.1, 0.15) is 12.4 Å². The van der Waals surface area contributed by atoms with Crippen LogP contribution in [0.25, 0.3) is 0 Å². The zero-order chi connectivity index (χ0) is 23.7. The van der Waals surface area contributed by atoms with Crippen molar-refractivity contribution in [3.63, 3.8) is 0 Å². The van der Waals surface area contributed by atoms with E-state index < -0.39 is 10.0 Å². The van der Waals surface area contributed by atoms with Crippen molar-refractivity contribution in [3.8, 4) is 5.75 Å². The van der Waals surface area contributed by atoms with Crippen molar-refractivity contribution in [1.82, 2.24) is 14.9 Å². The van der Waals surface area contributed by atoms with E-state index in [-0.39, 0.29) is 10.8 Å². The minimum Gasteiger partial charge on any atom is -0.492 e. The van der Waals surface area contributed by atoms with Gasteiger partial charge in [-0.3, -0.25) is 9.69 Å². The van der Waals surface area contributed by atoms with E-state index in [9.17, 15) is 13.2 Å². The maximum atomic E-state index is 12.5. The van der Waals surface area contributed by atoms with E-state index in [1.165, 1.54) is 24.3 Å². The summed E-state index contributed by atoms with van der Waals surface area (Å²) in [5.74, 6) is 0.493. The maximum absolute atomic E-state index is 12.5. The quantitative estimate of drug-likeness (QED) is 0.518. The number of carbonyl (C=O) groups is 1. The molecule has 2 aromatic rings. The maximum Gasteiger partial charge on any atom is 0.251 e. The van der Waals surface area contributed by atoms with Gasteiger partial charge in [-0.1, -0.05) is 19.1 Å². The Labute approximate surface area is 196 Å². The zero-order valence-electron chi connectivity index (χ0n) is 19.2. The molecule has 3 rings (SSSR count). The van der Waals surface area contributed by atoms with Gasteiger partial charge in [-0.2, -0.15) is 0 Å². The highest BCUT2D eigenvalue weighted by Gasteiger charge is 2.18. The summed E-state index contributed by atoms with van der Waals surface area (Å²) >= 11 is 0. The fourth-order valence-electron chi connectivity index (χ4n) is 3.70. The molecule has 33 heavy (non-hydrogen) atoms. The Bertz CT molecular complexity index is 1010.